The number of para-hydroxylation sites is 3. The van der Waals surface area contributed by atoms with Crippen LogP contribution in [0.4, 0.5) is 17.1 Å². The molecule has 0 spiro atoms. The van der Waals surface area contributed by atoms with Crippen molar-refractivity contribution in [2.45, 2.75) is 0 Å². The van der Waals surface area contributed by atoms with Gasteiger partial charge in [-0.05, 0) is 59.7 Å². The van der Waals surface area contributed by atoms with Gasteiger partial charge in [0.2, 0.25) is 0 Å². The van der Waals surface area contributed by atoms with E-state index < -0.39 is 0 Å². The summed E-state index contributed by atoms with van der Waals surface area (Å²) in [6.45, 7) is 0. The molecule has 0 radical (unpaired) electrons. The Morgan fingerprint density at radius 3 is 1.76 bits per heavy atom. The first-order valence-electron chi connectivity index (χ1n) is 12.5. The minimum atomic E-state index is 0.920. The summed E-state index contributed by atoms with van der Waals surface area (Å²) in [5.74, 6) is 0. The fraction of sp³-hybridized carbons (Fsp3) is 0. The Hall–Kier alpha value is -4.87. The monoisotopic (exact) mass is 506 g/mol. The molecule has 5 heteroatoms. The van der Waals surface area contributed by atoms with Crippen molar-refractivity contribution in [3.63, 3.8) is 0 Å². The Kier molecular flexibility index (Phi) is 5.61. The van der Waals surface area contributed by atoms with Crippen LogP contribution in [0.25, 0.3) is 44.2 Å². The van der Waals surface area contributed by atoms with Gasteiger partial charge in [0, 0.05) is 39.8 Å². The molecule has 5 aromatic carbocycles. The summed E-state index contributed by atoms with van der Waals surface area (Å²) < 4.78 is 9.43. The maximum Gasteiger partial charge on any atom is 0.113 e. The summed E-state index contributed by atoms with van der Waals surface area (Å²) >= 11 is 1.25. The lowest BCUT2D eigenvalue weighted by molar-refractivity contribution is 1.28. The first kappa shape index (κ1) is 22.3. The summed E-state index contributed by atoms with van der Waals surface area (Å²) in [5.41, 5.74) is 10.5. The van der Waals surface area contributed by atoms with E-state index in [4.69, 9.17) is 8.75 Å². The summed E-state index contributed by atoms with van der Waals surface area (Å²) in [5, 5.41) is 1.11. The second-order valence-electron chi connectivity index (χ2n) is 9.05. The fourth-order valence-electron chi connectivity index (χ4n) is 5.04. The van der Waals surface area contributed by atoms with Crippen molar-refractivity contribution < 1.29 is 0 Å². The second kappa shape index (κ2) is 9.54. The third-order valence-electron chi connectivity index (χ3n) is 6.82. The third kappa shape index (κ3) is 3.90. The van der Waals surface area contributed by atoms with Crippen LogP contribution in [0.1, 0.15) is 0 Å². The normalized spacial score (nSPS) is 11.2. The van der Waals surface area contributed by atoms with Crippen molar-refractivity contribution in [1.29, 1.82) is 0 Å². The highest BCUT2D eigenvalue weighted by Crippen LogP contribution is 2.39. The Bertz CT molecular complexity index is 1820. The molecule has 7 rings (SSSR count). The predicted octanol–water partition coefficient (Wildman–Crippen LogP) is 9.04. The molecule has 0 atom stereocenters. The van der Waals surface area contributed by atoms with E-state index >= 15 is 0 Å². The van der Waals surface area contributed by atoms with Crippen molar-refractivity contribution >= 4 is 50.7 Å². The van der Waals surface area contributed by atoms with Gasteiger partial charge in [-0.15, -0.1) is 0 Å². The van der Waals surface area contributed by atoms with Crippen LogP contribution in [-0.2, 0) is 0 Å². The molecule has 4 nitrogen and oxygen atoms in total. The van der Waals surface area contributed by atoms with Crippen molar-refractivity contribution in [1.82, 2.24) is 13.7 Å². The SMILES string of the molecule is c1ccc(N(c2ccccc2)c2ccc(-c3ccc(-c4ccnc5ccccc45)c4nsnc34)cc2)cc1. The highest BCUT2D eigenvalue weighted by molar-refractivity contribution is 7.00. The average Bonchev–Trinajstić information content (AvgIpc) is 3.49. The Labute approximate surface area is 224 Å². The largest absolute Gasteiger partial charge is 0.311 e. The zero-order chi connectivity index (χ0) is 25.3. The van der Waals surface area contributed by atoms with Gasteiger partial charge in [0.15, 0.2) is 0 Å². The van der Waals surface area contributed by atoms with Crippen LogP contribution in [0, 0.1) is 0 Å². The van der Waals surface area contributed by atoms with Crippen molar-refractivity contribution in [2.75, 3.05) is 4.90 Å². The van der Waals surface area contributed by atoms with Crippen LogP contribution < -0.4 is 4.90 Å². The maximum absolute atomic E-state index is 4.72. The summed E-state index contributed by atoms with van der Waals surface area (Å²) in [4.78, 5) is 6.79. The first-order chi connectivity index (χ1) is 18.9. The van der Waals surface area contributed by atoms with E-state index in [0.717, 1.165) is 61.3 Å². The molecule has 0 saturated heterocycles. The summed E-state index contributed by atoms with van der Waals surface area (Å²) in [7, 11) is 0. The van der Waals surface area contributed by atoms with Crippen molar-refractivity contribution in [2.24, 2.45) is 0 Å². The number of aromatic nitrogens is 3. The maximum atomic E-state index is 4.72. The van der Waals surface area contributed by atoms with Crippen LogP contribution in [0.15, 0.2) is 134 Å². The van der Waals surface area contributed by atoms with Crippen LogP contribution in [0.5, 0.6) is 0 Å². The van der Waals surface area contributed by atoms with E-state index in [1.165, 1.54) is 11.7 Å². The van der Waals surface area contributed by atoms with E-state index in [1.807, 2.05) is 36.5 Å². The van der Waals surface area contributed by atoms with Gasteiger partial charge < -0.3 is 4.90 Å². The van der Waals surface area contributed by atoms with Gasteiger partial charge >= 0.3 is 0 Å². The molecule has 38 heavy (non-hydrogen) atoms. The minimum Gasteiger partial charge on any atom is -0.311 e. The quantitative estimate of drug-likeness (QED) is 0.233. The number of hydrogen-bond donors (Lipinski definition) is 0. The zero-order valence-corrected chi connectivity index (χ0v) is 21.2. The van der Waals surface area contributed by atoms with Crippen molar-refractivity contribution in [3.05, 3.63) is 134 Å². The molecule has 0 unspecified atom stereocenters. The molecule has 0 aliphatic heterocycles. The third-order valence-corrected chi connectivity index (χ3v) is 7.35. The summed E-state index contributed by atoms with van der Waals surface area (Å²) in [6.07, 6.45) is 1.86. The van der Waals surface area contributed by atoms with Gasteiger partial charge in [0.1, 0.15) is 11.0 Å². The molecule has 0 fully saturated rings. The van der Waals surface area contributed by atoms with Crippen LogP contribution in [0.2, 0.25) is 0 Å². The number of pyridine rings is 1. The standard InChI is InChI=1S/C33H22N4S/c1-3-9-24(10-4-1)37(25-11-5-2-6-12-25)26-17-15-23(16-18-26)27-19-20-30(33-32(27)35-38-36-33)28-21-22-34-31-14-8-7-13-29(28)31/h1-22H. The lowest BCUT2D eigenvalue weighted by atomic mass is 9.96. The highest BCUT2D eigenvalue weighted by atomic mass is 32.1. The molecule has 0 aliphatic rings. The molecule has 7 aromatic rings. The average molecular weight is 507 g/mol. The Morgan fingerprint density at radius 2 is 1.05 bits per heavy atom. The molecular formula is C33H22N4S. The number of hydrogen-bond acceptors (Lipinski definition) is 5. The number of benzene rings is 5. The minimum absolute atomic E-state index is 0.920. The lowest BCUT2D eigenvalue weighted by Crippen LogP contribution is -2.09. The zero-order valence-electron chi connectivity index (χ0n) is 20.4. The van der Waals surface area contributed by atoms with E-state index in [1.54, 1.807) is 0 Å². The van der Waals surface area contributed by atoms with E-state index in [0.29, 0.717) is 0 Å². The Morgan fingerprint density at radius 1 is 0.474 bits per heavy atom. The second-order valence-corrected chi connectivity index (χ2v) is 9.58. The fourth-order valence-corrected chi connectivity index (χ4v) is 5.61. The van der Waals surface area contributed by atoms with Gasteiger partial charge in [0.25, 0.3) is 0 Å². The molecular weight excluding hydrogens is 484 g/mol. The van der Waals surface area contributed by atoms with Crippen LogP contribution in [0.3, 0.4) is 0 Å². The molecule has 0 saturated carbocycles. The molecule has 180 valence electrons. The molecule has 0 N–H and O–H groups in total. The van der Waals surface area contributed by atoms with Gasteiger partial charge in [0.05, 0.1) is 17.2 Å². The molecule has 0 aliphatic carbocycles. The number of fused-ring (bicyclic) bond motifs is 2. The van der Waals surface area contributed by atoms with E-state index in [2.05, 4.69) is 107 Å². The van der Waals surface area contributed by atoms with Crippen LogP contribution in [-0.4, -0.2) is 13.7 Å². The van der Waals surface area contributed by atoms with E-state index in [-0.39, 0.29) is 0 Å². The molecule has 0 bridgehead atoms. The van der Waals surface area contributed by atoms with Crippen molar-refractivity contribution in [3.8, 4) is 22.3 Å². The number of anilines is 3. The van der Waals surface area contributed by atoms with Gasteiger partial charge in [-0.1, -0.05) is 78.9 Å². The predicted molar refractivity (Wildman–Crippen MR) is 158 cm³/mol. The summed E-state index contributed by atoms with van der Waals surface area (Å²) in [6, 6.07) is 44.2. The molecule has 2 heterocycles. The number of nitrogens with zero attached hydrogens (tertiary/aromatic N) is 4. The van der Waals surface area contributed by atoms with Gasteiger partial charge in [-0.2, -0.15) is 8.75 Å². The van der Waals surface area contributed by atoms with Gasteiger partial charge in [-0.25, -0.2) is 0 Å². The lowest BCUT2D eigenvalue weighted by Gasteiger charge is -2.25. The Balaban J connectivity index is 1.31. The molecule has 0 amide bonds. The molecule has 2 aromatic heterocycles. The highest BCUT2D eigenvalue weighted by Gasteiger charge is 2.16. The van der Waals surface area contributed by atoms with Crippen LogP contribution >= 0.6 is 11.7 Å². The number of rotatable bonds is 5. The van der Waals surface area contributed by atoms with Gasteiger partial charge in [-0.3, -0.25) is 4.98 Å². The topological polar surface area (TPSA) is 41.9 Å². The smallest absolute Gasteiger partial charge is 0.113 e. The van der Waals surface area contributed by atoms with E-state index in [9.17, 15) is 0 Å². The first-order valence-corrected chi connectivity index (χ1v) is 13.2.